The van der Waals surface area contributed by atoms with Crippen LogP contribution in [0.2, 0.25) is 0 Å². The van der Waals surface area contributed by atoms with Gasteiger partial charge in [-0.1, -0.05) is 19.8 Å². The predicted molar refractivity (Wildman–Crippen MR) is 46.8 cm³/mol. The minimum atomic E-state index is 0.133. The summed E-state index contributed by atoms with van der Waals surface area (Å²) < 4.78 is 4.93. The second-order valence-electron chi connectivity index (χ2n) is 2.67. The maximum atomic E-state index is 6.07. The van der Waals surface area contributed by atoms with Gasteiger partial charge in [0, 0.05) is 5.56 Å². The molecule has 1 aromatic rings. The SMILES string of the molecule is CCCCC(Cl)c1ccoc1. The lowest BCUT2D eigenvalue weighted by atomic mass is 10.1. The first-order valence-electron chi connectivity index (χ1n) is 4.00. The fourth-order valence-corrected chi connectivity index (χ4v) is 1.28. The van der Waals surface area contributed by atoms with Gasteiger partial charge >= 0.3 is 0 Å². The maximum absolute atomic E-state index is 6.07. The van der Waals surface area contributed by atoms with E-state index in [2.05, 4.69) is 6.92 Å². The van der Waals surface area contributed by atoms with Crippen LogP contribution in [-0.2, 0) is 0 Å². The molecule has 1 aromatic heterocycles. The second kappa shape index (κ2) is 4.45. The first-order valence-corrected chi connectivity index (χ1v) is 4.44. The van der Waals surface area contributed by atoms with Gasteiger partial charge in [0.15, 0.2) is 0 Å². The Bertz CT molecular complexity index is 181. The van der Waals surface area contributed by atoms with Crippen molar-refractivity contribution >= 4 is 11.6 Å². The highest BCUT2D eigenvalue weighted by Gasteiger charge is 2.07. The van der Waals surface area contributed by atoms with Gasteiger partial charge in [0.1, 0.15) is 0 Å². The zero-order valence-electron chi connectivity index (χ0n) is 6.72. The monoisotopic (exact) mass is 172 g/mol. The van der Waals surface area contributed by atoms with E-state index in [0.717, 1.165) is 12.0 Å². The lowest BCUT2D eigenvalue weighted by Gasteiger charge is -2.03. The molecule has 2 heteroatoms. The number of hydrogen-bond acceptors (Lipinski definition) is 1. The highest BCUT2D eigenvalue weighted by Crippen LogP contribution is 2.25. The van der Waals surface area contributed by atoms with Crippen LogP contribution in [0.15, 0.2) is 23.0 Å². The average Bonchev–Trinajstić information content (AvgIpc) is 2.52. The molecule has 0 amide bonds. The highest BCUT2D eigenvalue weighted by molar-refractivity contribution is 6.20. The van der Waals surface area contributed by atoms with Gasteiger partial charge in [0.05, 0.1) is 17.9 Å². The van der Waals surface area contributed by atoms with E-state index in [1.54, 1.807) is 12.5 Å². The summed E-state index contributed by atoms with van der Waals surface area (Å²) in [5.74, 6) is 0. The van der Waals surface area contributed by atoms with Crippen molar-refractivity contribution in [2.75, 3.05) is 0 Å². The summed E-state index contributed by atoms with van der Waals surface area (Å²) in [6, 6.07) is 1.92. The molecule has 1 unspecified atom stereocenters. The minimum Gasteiger partial charge on any atom is -0.472 e. The molecule has 1 nitrogen and oxygen atoms in total. The molecule has 0 radical (unpaired) electrons. The first kappa shape index (κ1) is 8.66. The fraction of sp³-hybridized carbons (Fsp3) is 0.556. The van der Waals surface area contributed by atoms with Crippen LogP contribution >= 0.6 is 11.6 Å². The van der Waals surface area contributed by atoms with Gasteiger partial charge in [-0.15, -0.1) is 11.6 Å². The normalized spacial score (nSPS) is 13.3. The van der Waals surface area contributed by atoms with E-state index < -0.39 is 0 Å². The molecule has 0 spiro atoms. The van der Waals surface area contributed by atoms with Crippen LogP contribution in [0.3, 0.4) is 0 Å². The van der Waals surface area contributed by atoms with E-state index in [9.17, 15) is 0 Å². The molecule has 0 aliphatic heterocycles. The Morgan fingerprint density at radius 3 is 3.00 bits per heavy atom. The maximum Gasteiger partial charge on any atom is 0.0949 e. The Morgan fingerprint density at radius 1 is 1.64 bits per heavy atom. The average molecular weight is 173 g/mol. The molecular formula is C9H13ClO. The molecular weight excluding hydrogens is 160 g/mol. The second-order valence-corrected chi connectivity index (χ2v) is 3.19. The summed E-state index contributed by atoms with van der Waals surface area (Å²) in [6.07, 6.45) is 6.79. The minimum absolute atomic E-state index is 0.133. The summed E-state index contributed by atoms with van der Waals surface area (Å²) in [4.78, 5) is 0. The number of alkyl halides is 1. The third-order valence-corrected chi connectivity index (χ3v) is 2.19. The van der Waals surface area contributed by atoms with Gasteiger partial charge in [-0.3, -0.25) is 0 Å². The largest absolute Gasteiger partial charge is 0.472 e. The van der Waals surface area contributed by atoms with E-state index in [1.165, 1.54) is 12.8 Å². The van der Waals surface area contributed by atoms with E-state index >= 15 is 0 Å². The molecule has 0 saturated carbocycles. The first-order chi connectivity index (χ1) is 5.34. The van der Waals surface area contributed by atoms with Crippen LogP contribution in [0.1, 0.15) is 37.1 Å². The van der Waals surface area contributed by atoms with Crippen molar-refractivity contribution in [3.8, 4) is 0 Å². The van der Waals surface area contributed by atoms with Crippen LogP contribution in [-0.4, -0.2) is 0 Å². The Morgan fingerprint density at radius 2 is 2.45 bits per heavy atom. The molecule has 62 valence electrons. The Balaban J connectivity index is 2.36. The topological polar surface area (TPSA) is 13.1 Å². The standard InChI is InChI=1S/C9H13ClO/c1-2-3-4-9(10)8-5-6-11-7-8/h5-7,9H,2-4H2,1H3. The van der Waals surface area contributed by atoms with Crippen molar-refractivity contribution in [1.29, 1.82) is 0 Å². The molecule has 0 bridgehead atoms. The van der Waals surface area contributed by atoms with E-state index in [4.69, 9.17) is 16.0 Å². The highest BCUT2D eigenvalue weighted by atomic mass is 35.5. The number of furan rings is 1. The van der Waals surface area contributed by atoms with Gasteiger partial charge in [-0.2, -0.15) is 0 Å². The molecule has 0 aliphatic rings. The quantitative estimate of drug-likeness (QED) is 0.631. The molecule has 0 saturated heterocycles. The van der Waals surface area contributed by atoms with E-state index in [1.807, 2.05) is 6.07 Å². The van der Waals surface area contributed by atoms with Crippen LogP contribution in [0.25, 0.3) is 0 Å². The predicted octanol–water partition coefficient (Wildman–Crippen LogP) is 3.75. The Hall–Kier alpha value is -0.430. The summed E-state index contributed by atoms with van der Waals surface area (Å²) in [7, 11) is 0. The number of halogens is 1. The molecule has 0 aromatic carbocycles. The smallest absolute Gasteiger partial charge is 0.0949 e. The third-order valence-electron chi connectivity index (χ3n) is 1.72. The fourth-order valence-electron chi connectivity index (χ4n) is 1.00. The molecule has 0 N–H and O–H groups in total. The zero-order valence-corrected chi connectivity index (χ0v) is 7.47. The van der Waals surface area contributed by atoms with Crippen LogP contribution in [0, 0.1) is 0 Å². The van der Waals surface area contributed by atoms with Crippen molar-refractivity contribution in [2.45, 2.75) is 31.6 Å². The summed E-state index contributed by atoms with van der Waals surface area (Å²) in [6.45, 7) is 2.17. The van der Waals surface area contributed by atoms with Crippen molar-refractivity contribution in [2.24, 2.45) is 0 Å². The number of hydrogen-bond donors (Lipinski definition) is 0. The lowest BCUT2D eigenvalue weighted by Crippen LogP contribution is -1.86. The summed E-state index contributed by atoms with van der Waals surface area (Å²) in [5.41, 5.74) is 1.10. The molecule has 0 fully saturated rings. The number of unbranched alkanes of at least 4 members (excludes halogenated alkanes) is 1. The Kier molecular flexibility index (Phi) is 3.50. The Labute approximate surface area is 72.4 Å². The lowest BCUT2D eigenvalue weighted by molar-refractivity contribution is 0.561. The van der Waals surface area contributed by atoms with Gasteiger partial charge in [-0.25, -0.2) is 0 Å². The number of rotatable bonds is 4. The molecule has 0 aliphatic carbocycles. The van der Waals surface area contributed by atoms with Gasteiger partial charge in [-0.05, 0) is 12.5 Å². The van der Waals surface area contributed by atoms with E-state index in [-0.39, 0.29) is 5.38 Å². The molecule has 1 rings (SSSR count). The summed E-state index contributed by atoms with van der Waals surface area (Å²) in [5, 5.41) is 0.133. The van der Waals surface area contributed by atoms with Gasteiger partial charge < -0.3 is 4.42 Å². The summed E-state index contributed by atoms with van der Waals surface area (Å²) >= 11 is 6.07. The van der Waals surface area contributed by atoms with Crippen LogP contribution in [0.4, 0.5) is 0 Å². The van der Waals surface area contributed by atoms with Crippen molar-refractivity contribution in [3.05, 3.63) is 24.2 Å². The van der Waals surface area contributed by atoms with Crippen molar-refractivity contribution in [3.63, 3.8) is 0 Å². The van der Waals surface area contributed by atoms with Crippen LogP contribution < -0.4 is 0 Å². The van der Waals surface area contributed by atoms with Crippen molar-refractivity contribution < 1.29 is 4.42 Å². The third kappa shape index (κ3) is 2.58. The molecule has 1 atom stereocenters. The van der Waals surface area contributed by atoms with E-state index in [0.29, 0.717) is 0 Å². The van der Waals surface area contributed by atoms with Crippen LogP contribution in [0.5, 0.6) is 0 Å². The van der Waals surface area contributed by atoms with Gasteiger partial charge in [0.25, 0.3) is 0 Å². The van der Waals surface area contributed by atoms with Crippen molar-refractivity contribution in [1.82, 2.24) is 0 Å². The molecule has 1 heterocycles. The molecule has 11 heavy (non-hydrogen) atoms. The zero-order chi connectivity index (χ0) is 8.10. The van der Waals surface area contributed by atoms with Gasteiger partial charge in [0.2, 0.25) is 0 Å².